The minimum atomic E-state index is -3.14. The molecule has 8 nitrogen and oxygen atoms in total. The number of amides is 1. The third kappa shape index (κ3) is 5.18. The molecule has 1 aliphatic heterocycles. The number of fused-ring (bicyclic) bond motifs is 1. The van der Waals surface area contributed by atoms with Gasteiger partial charge in [-0.3, -0.25) is 14.1 Å². The number of hydrogen-bond acceptors (Lipinski definition) is 6. The number of halogens is 4. The van der Waals surface area contributed by atoms with Gasteiger partial charge < -0.3 is 19.5 Å². The van der Waals surface area contributed by atoms with Crippen molar-refractivity contribution in [2.75, 3.05) is 33.4 Å². The highest BCUT2D eigenvalue weighted by atomic mass is 19.3. The number of benzene rings is 1. The van der Waals surface area contributed by atoms with Crippen molar-refractivity contribution in [3.05, 3.63) is 42.2 Å². The van der Waals surface area contributed by atoms with Crippen LogP contribution in [0.25, 0.3) is 16.9 Å². The molecule has 3 heterocycles. The summed E-state index contributed by atoms with van der Waals surface area (Å²) in [5.41, 5.74) is 1.41. The maximum atomic E-state index is 13.2. The van der Waals surface area contributed by atoms with E-state index in [0.29, 0.717) is 29.2 Å². The van der Waals surface area contributed by atoms with Crippen LogP contribution in [0.3, 0.4) is 0 Å². The zero-order valence-corrected chi connectivity index (χ0v) is 19.3. The van der Waals surface area contributed by atoms with Crippen molar-refractivity contribution >= 4 is 11.6 Å². The number of pyridine rings is 1. The number of likely N-dealkylation sites (tertiary alicyclic amines) is 1. The summed E-state index contributed by atoms with van der Waals surface area (Å²) in [6.45, 7) is -3.03. The predicted molar refractivity (Wildman–Crippen MR) is 121 cm³/mol. The largest absolute Gasteiger partial charge is 0.496 e. The van der Waals surface area contributed by atoms with Gasteiger partial charge in [-0.2, -0.15) is 8.78 Å². The van der Waals surface area contributed by atoms with Crippen LogP contribution in [0.15, 0.2) is 36.7 Å². The highest BCUT2D eigenvalue weighted by Gasteiger charge is 2.43. The van der Waals surface area contributed by atoms with Crippen LogP contribution >= 0.6 is 0 Å². The van der Waals surface area contributed by atoms with E-state index in [0.717, 1.165) is 12.8 Å². The predicted octanol–water partition coefficient (Wildman–Crippen LogP) is 3.83. The number of nitrogens with one attached hydrogen (secondary N) is 1. The van der Waals surface area contributed by atoms with Crippen LogP contribution in [-0.2, 0) is 0 Å². The summed E-state index contributed by atoms with van der Waals surface area (Å²) in [6.07, 6.45) is 4.91. The van der Waals surface area contributed by atoms with Gasteiger partial charge in [0.1, 0.15) is 35.1 Å². The highest BCUT2D eigenvalue weighted by molar-refractivity contribution is 6.01. The second kappa shape index (κ2) is 9.49. The molecule has 0 atom stereocenters. The average molecular weight is 508 g/mol. The van der Waals surface area contributed by atoms with Gasteiger partial charge in [0, 0.05) is 30.4 Å². The Kier molecular flexibility index (Phi) is 6.37. The fraction of sp³-hybridized carbons (Fsp3) is 0.417. The quantitative estimate of drug-likeness (QED) is 0.420. The van der Waals surface area contributed by atoms with Crippen molar-refractivity contribution in [1.29, 1.82) is 0 Å². The van der Waals surface area contributed by atoms with E-state index in [1.807, 2.05) is 0 Å². The minimum absolute atomic E-state index is 0.0170. The Labute approximate surface area is 203 Å². The average Bonchev–Trinajstić information content (AvgIpc) is 3.52. The maximum Gasteiger partial charge on any atom is 0.387 e. The molecule has 0 bridgehead atoms. The van der Waals surface area contributed by atoms with Gasteiger partial charge in [0.15, 0.2) is 0 Å². The van der Waals surface area contributed by atoms with Crippen molar-refractivity contribution in [2.24, 2.45) is 0 Å². The van der Waals surface area contributed by atoms with Crippen molar-refractivity contribution in [3.63, 3.8) is 0 Å². The Morgan fingerprint density at radius 3 is 2.64 bits per heavy atom. The first kappa shape index (κ1) is 24.2. The first-order chi connectivity index (χ1) is 17.2. The summed E-state index contributed by atoms with van der Waals surface area (Å²) in [7, 11) is 1.35. The van der Waals surface area contributed by atoms with E-state index < -0.39 is 18.4 Å². The molecule has 5 rings (SSSR count). The normalized spacial score (nSPS) is 17.2. The van der Waals surface area contributed by atoms with Gasteiger partial charge in [0.2, 0.25) is 0 Å². The smallest absolute Gasteiger partial charge is 0.387 e. The lowest BCUT2D eigenvalue weighted by Crippen LogP contribution is -2.56. The van der Waals surface area contributed by atoms with Crippen molar-refractivity contribution in [3.8, 4) is 28.5 Å². The lowest BCUT2D eigenvalue weighted by molar-refractivity contribution is -0.132. The fourth-order valence-electron chi connectivity index (χ4n) is 4.12. The molecule has 1 saturated carbocycles. The van der Waals surface area contributed by atoms with E-state index in [-0.39, 0.29) is 42.8 Å². The second-order valence-electron chi connectivity index (χ2n) is 8.83. The molecule has 2 fully saturated rings. The van der Waals surface area contributed by atoms with Crippen LogP contribution < -0.4 is 19.5 Å². The van der Waals surface area contributed by atoms with Crippen molar-refractivity contribution < 1.29 is 36.6 Å². The number of alkyl halides is 4. The van der Waals surface area contributed by atoms with E-state index in [9.17, 15) is 22.4 Å². The summed E-state index contributed by atoms with van der Waals surface area (Å²) in [5.74, 6) is -2.86. The number of methoxy groups -OCH3 is 1. The Hall–Kier alpha value is -3.54. The lowest BCUT2D eigenvalue weighted by atomic mass is 10.1. The van der Waals surface area contributed by atoms with Gasteiger partial charge >= 0.3 is 6.61 Å². The van der Waals surface area contributed by atoms with E-state index in [2.05, 4.69) is 10.3 Å². The number of imidazole rings is 1. The van der Waals surface area contributed by atoms with E-state index in [1.165, 1.54) is 13.2 Å². The number of aromatic nitrogens is 2. The van der Waals surface area contributed by atoms with Crippen LogP contribution in [0, 0.1) is 0 Å². The van der Waals surface area contributed by atoms with Crippen LogP contribution in [0.1, 0.15) is 23.2 Å². The van der Waals surface area contributed by atoms with Crippen LogP contribution in [0.5, 0.6) is 17.2 Å². The molecule has 1 aromatic carbocycles. The van der Waals surface area contributed by atoms with E-state index in [4.69, 9.17) is 14.2 Å². The Bertz CT molecular complexity index is 1270. The molecule has 3 aromatic rings. The zero-order chi connectivity index (χ0) is 25.4. The molecule has 1 saturated heterocycles. The third-order valence-electron chi connectivity index (χ3n) is 6.01. The second-order valence-corrected chi connectivity index (χ2v) is 8.83. The lowest BCUT2D eigenvalue weighted by Gasteiger charge is -2.38. The van der Waals surface area contributed by atoms with E-state index >= 15 is 0 Å². The highest BCUT2D eigenvalue weighted by Crippen LogP contribution is 2.37. The fourth-order valence-corrected chi connectivity index (χ4v) is 4.12. The monoisotopic (exact) mass is 508 g/mol. The molecule has 192 valence electrons. The number of ether oxygens (including phenoxy) is 3. The number of nitrogens with zero attached hydrogens (tertiary/aromatic N) is 3. The number of carbonyl (C=O) groups is 1. The number of rotatable bonds is 10. The molecule has 0 unspecified atom stereocenters. The van der Waals surface area contributed by atoms with Crippen molar-refractivity contribution in [1.82, 2.24) is 19.6 Å². The Balaban J connectivity index is 1.38. The summed E-state index contributed by atoms with van der Waals surface area (Å²) < 4.78 is 69.7. The molecular formula is C24H24F4N4O4. The molecule has 0 spiro atoms. The summed E-state index contributed by atoms with van der Waals surface area (Å²) in [6, 6.07) is 6.31. The van der Waals surface area contributed by atoms with E-state index in [1.54, 1.807) is 39.9 Å². The first-order valence-corrected chi connectivity index (χ1v) is 11.4. The van der Waals surface area contributed by atoms with Gasteiger partial charge in [-0.05, 0) is 31.0 Å². The number of carbonyl (C=O) groups excluding carboxylic acids is 1. The molecule has 1 N–H and O–H groups in total. The molecule has 1 amide bonds. The summed E-state index contributed by atoms with van der Waals surface area (Å²) in [5, 5.41) is 2.77. The molecule has 36 heavy (non-hydrogen) atoms. The molecule has 1 aliphatic carbocycles. The van der Waals surface area contributed by atoms with Crippen molar-refractivity contribution in [2.45, 2.75) is 31.4 Å². The van der Waals surface area contributed by atoms with Gasteiger partial charge in [-0.25, -0.2) is 13.8 Å². The topological polar surface area (TPSA) is 77.3 Å². The molecule has 0 radical (unpaired) electrons. The molecule has 2 aromatic heterocycles. The van der Waals surface area contributed by atoms with Gasteiger partial charge in [-0.15, -0.1) is 0 Å². The Morgan fingerprint density at radius 1 is 1.22 bits per heavy atom. The summed E-state index contributed by atoms with van der Waals surface area (Å²) >= 11 is 0. The maximum absolute atomic E-state index is 13.2. The summed E-state index contributed by atoms with van der Waals surface area (Å²) in [4.78, 5) is 18.7. The third-order valence-corrected chi connectivity index (χ3v) is 6.01. The van der Waals surface area contributed by atoms with Crippen LogP contribution in [0.2, 0.25) is 0 Å². The first-order valence-electron chi connectivity index (χ1n) is 11.4. The molecule has 2 aliphatic rings. The number of hydrogen-bond donors (Lipinski definition) is 1. The minimum Gasteiger partial charge on any atom is -0.496 e. The van der Waals surface area contributed by atoms with Gasteiger partial charge in [0.05, 0.1) is 32.1 Å². The van der Waals surface area contributed by atoms with Crippen LogP contribution in [-0.4, -0.2) is 72.1 Å². The van der Waals surface area contributed by atoms with Gasteiger partial charge in [0.25, 0.3) is 11.8 Å². The zero-order valence-electron chi connectivity index (χ0n) is 19.3. The van der Waals surface area contributed by atoms with Gasteiger partial charge in [-0.1, -0.05) is 0 Å². The SMILES string of the molecule is COc1cc(-c2cnc3cc(OCCN4CC(F)(F)C4)ccn23)cc(OC(F)F)c1C(=O)NC1CC1. The Morgan fingerprint density at radius 2 is 1.97 bits per heavy atom. The molecule has 12 heteroatoms. The standard InChI is InChI=1S/C24H24F4N4O4/c1-34-18-8-14(9-19(36-23(25)26)21(18)22(33)30-15-2-3-15)17-11-29-20-10-16(4-5-32(17)20)35-7-6-31-12-24(27,28)13-31/h4-5,8-11,15,23H,2-3,6-7,12-13H2,1H3,(H,30,33). The van der Waals surface area contributed by atoms with Crippen LogP contribution in [0.4, 0.5) is 17.6 Å². The molecular weight excluding hydrogens is 484 g/mol.